The topological polar surface area (TPSA) is 72.3 Å². The minimum absolute atomic E-state index is 0.435. The Labute approximate surface area is 108 Å². The van der Waals surface area contributed by atoms with Gasteiger partial charge in [0.2, 0.25) is 5.91 Å². The van der Waals surface area contributed by atoms with Crippen molar-refractivity contribution in [3.8, 4) is 0 Å². The molecule has 0 saturated heterocycles. The van der Waals surface area contributed by atoms with Crippen molar-refractivity contribution >= 4 is 26.5 Å². The van der Waals surface area contributed by atoms with Crippen LogP contribution < -0.4 is 11.5 Å². The molecule has 0 unspecified atom stereocenters. The average Bonchev–Trinajstić information content (AvgIpc) is 2.26. The van der Waals surface area contributed by atoms with Gasteiger partial charge in [0.05, 0.1) is 0 Å². The molecule has 0 spiro atoms. The van der Waals surface area contributed by atoms with Crippen molar-refractivity contribution in [3.63, 3.8) is 0 Å². The van der Waals surface area contributed by atoms with E-state index in [9.17, 15) is 4.79 Å². The zero-order valence-electron chi connectivity index (χ0n) is 10.0. The van der Waals surface area contributed by atoms with Crippen molar-refractivity contribution in [2.75, 3.05) is 20.3 Å². The standard InChI is InChI=1S/C11H17ClN3OSi/c1-15(2)17(7-13)6-9-4-3-8(11(14)16)5-10(9)12/h3-5H,6-7,13H2,1-2H3,(H2,14,16). The van der Waals surface area contributed by atoms with Crippen LogP contribution in [-0.4, -0.2) is 39.7 Å². The van der Waals surface area contributed by atoms with Gasteiger partial charge in [0.15, 0.2) is 8.96 Å². The maximum atomic E-state index is 11.0. The molecule has 0 aliphatic rings. The second-order valence-electron chi connectivity index (χ2n) is 4.01. The fourth-order valence-corrected chi connectivity index (χ4v) is 3.41. The van der Waals surface area contributed by atoms with E-state index in [2.05, 4.69) is 4.57 Å². The Kier molecular flexibility index (Phi) is 5.14. The first-order chi connectivity index (χ1) is 7.95. The molecule has 4 N–H and O–H groups in total. The number of nitrogens with two attached hydrogens (primary N) is 2. The number of carbonyl (C=O) groups is 1. The van der Waals surface area contributed by atoms with Crippen LogP contribution in [0.1, 0.15) is 15.9 Å². The van der Waals surface area contributed by atoms with Crippen LogP contribution in [0.15, 0.2) is 18.2 Å². The third-order valence-electron chi connectivity index (χ3n) is 2.60. The van der Waals surface area contributed by atoms with E-state index < -0.39 is 14.9 Å². The lowest BCUT2D eigenvalue weighted by Gasteiger charge is -2.20. The zero-order valence-corrected chi connectivity index (χ0v) is 11.8. The van der Waals surface area contributed by atoms with Gasteiger partial charge in [-0.2, -0.15) is 0 Å². The Morgan fingerprint density at radius 2 is 2.12 bits per heavy atom. The normalized spacial score (nSPS) is 11.2. The smallest absolute Gasteiger partial charge is 0.248 e. The lowest BCUT2D eigenvalue weighted by atomic mass is 10.1. The number of hydrogen-bond acceptors (Lipinski definition) is 3. The van der Waals surface area contributed by atoms with Crippen LogP contribution in [0.3, 0.4) is 0 Å². The molecule has 1 aromatic rings. The van der Waals surface area contributed by atoms with E-state index in [-0.39, 0.29) is 0 Å². The summed E-state index contributed by atoms with van der Waals surface area (Å²) in [6.45, 7) is 0. The number of halogens is 1. The van der Waals surface area contributed by atoms with Gasteiger partial charge in [0.25, 0.3) is 0 Å². The summed E-state index contributed by atoms with van der Waals surface area (Å²) in [6.07, 6.45) is 0.658. The highest BCUT2D eigenvalue weighted by Gasteiger charge is 2.15. The zero-order chi connectivity index (χ0) is 13.0. The summed E-state index contributed by atoms with van der Waals surface area (Å²) in [5.74, 6) is -0.463. The molecule has 0 aliphatic carbocycles. The van der Waals surface area contributed by atoms with Gasteiger partial charge < -0.3 is 16.0 Å². The summed E-state index contributed by atoms with van der Waals surface area (Å²) in [4.78, 5) is 11.0. The molecule has 0 atom stereocenters. The van der Waals surface area contributed by atoms with Gasteiger partial charge in [-0.1, -0.05) is 17.7 Å². The fourth-order valence-electron chi connectivity index (χ4n) is 1.48. The Bertz CT molecular complexity index is 412. The quantitative estimate of drug-likeness (QED) is 0.769. The number of hydrogen-bond donors (Lipinski definition) is 2. The summed E-state index contributed by atoms with van der Waals surface area (Å²) in [6, 6.07) is 6.03. The SMILES string of the molecule is CN(C)[Si](CN)Cc1ccc(C(N)=O)cc1Cl. The molecule has 1 amide bonds. The second kappa shape index (κ2) is 6.16. The van der Waals surface area contributed by atoms with E-state index in [1.165, 1.54) is 0 Å². The Hall–Kier alpha value is -0.883. The van der Waals surface area contributed by atoms with Gasteiger partial charge in [-0.05, 0) is 37.8 Å². The number of rotatable bonds is 5. The number of nitrogens with zero attached hydrogens (tertiary/aromatic N) is 1. The molecule has 0 aliphatic heterocycles. The van der Waals surface area contributed by atoms with Gasteiger partial charge in [-0.15, -0.1) is 0 Å². The number of carbonyl (C=O) groups excluding carboxylic acids is 1. The van der Waals surface area contributed by atoms with Crippen LogP contribution >= 0.6 is 11.6 Å². The first-order valence-corrected chi connectivity index (χ1v) is 7.50. The largest absolute Gasteiger partial charge is 0.366 e. The Morgan fingerprint density at radius 3 is 2.53 bits per heavy atom. The predicted molar refractivity (Wildman–Crippen MR) is 72.2 cm³/mol. The maximum absolute atomic E-state index is 11.0. The summed E-state index contributed by atoms with van der Waals surface area (Å²) >= 11 is 6.13. The molecule has 0 heterocycles. The van der Waals surface area contributed by atoms with Crippen molar-refractivity contribution in [2.45, 2.75) is 6.04 Å². The van der Waals surface area contributed by atoms with Crippen molar-refractivity contribution in [1.29, 1.82) is 0 Å². The molecule has 6 heteroatoms. The second-order valence-corrected chi connectivity index (χ2v) is 7.21. The number of benzene rings is 1. The summed E-state index contributed by atoms with van der Waals surface area (Å²) < 4.78 is 2.16. The lowest BCUT2D eigenvalue weighted by Crippen LogP contribution is -2.42. The molecular weight excluding hydrogens is 254 g/mol. The first-order valence-electron chi connectivity index (χ1n) is 5.26. The van der Waals surface area contributed by atoms with Gasteiger partial charge >= 0.3 is 0 Å². The highest BCUT2D eigenvalue weighted by molar-refractivity contribution is 6.55. The van der Waals surface area contributed by atoms with Crippen molar-refractivity contribution in [2.24, 2.45) is 11.5 Å². The van der Waals surface area contributed by atoms with E-state index in [4.69, 9.17) is 23.1 Å². The van der Waals surface area contributed by atoms with Gasteiger partial charge in [-0.25, -0.2) is 0 Å². The minimum Gasteiger partial charge on any atom is -0.366 e. The molecule has 1 rings (SSSR count). The van der Waals surface area contributed by atoms with E-state index >= 15 is 0 Å². The third-order valence-corrected chi connectivity index (χ3v) is 5.48. The summed E-state index contributed by atoms with van der Waals surface area (Å²) in [7, 11) is 3.24. The van der Waals surface area contributed by atoms with Crippen LogP contribution in [0.5, 0.6) is 0 Å². The van der Waals surface area contributed by atoms with Crippen LogP contribution in [0.25, 0.3) is 0 Å². The molecule has 17 heavy (non-hydrogen) atoms. The first kappa shape index (κ1) is 14.2. The molecule has 0 saturated carbocycles. The summed E-state index contributed by atoms with van der Waals surface area (Å²) in [5, 5.41) is 0.583. The van der Waals surface area contributed by atoms with E-state index in [0.717, 1.165) is 11.6 Å². The van der Waals surface area contributed by atoms with Crippen LogP contribution in [0.4, 0.5) is 0 Å². The molecule has 0 aromatic heterocycles. The molecule has 0 fully saturated rings. The molecule has 4 nitrogen and oxygen atoms in total. The number of primary amides is 1. The molecule has 93 valence electrons. The molecule has 0 bridgehead atoms. The van der Waals surface area contributed by atoms with Crippen LogP contribution in [-0.2, 0) is 6.04 Å². The predicted octanol–water partition coefficient (Wildman–Crippen LogP) is 0.572. The number of amides is 1. The highest BCUT2D eigenvalue weighted by atomic mass is 35.5. The summed E-state index contributed by atoms with van der Waals surface area (Å²) in [5.41, 5.74) is 12.4. The van der Waals surface area contributed by atoms with Crippen LogP contribution in [0.2, 0.25) is 5.02 Å². The Morgan fingerprint density at radius 1 is 1.47 bits per heavy atom. The molecule has 1 radical (unpaired) electrons. The van der Waals surface area contributed by atoms with Crippen molar-refractivity contribution in [1.82, 2.24) is 4.57 Å². The lowest BCUT2D eigenvalue weighted by molar-refractivity contribution is 0.100. The Balaban J connectivity index is 2.89. The van der Waals surface area contributed by atoms with Gasteiger partial charge in [0, 0.05) is 16.8 Å². The van der Waals surface area contributed by atoms with Crippen molar-refractivity contribution < 1.29 is 4.79 Å². The molecule has 1 aromatic carbocycles. The van der Waals surface area contributed by atoms with Crippen molar-refractivity contribution in [3.05, 3.63) is 34.3 Å². The monoisotopic (exact) mass is 270 g/mol. The van der Waals surface area contributed by atoms with Gasteiger partial charge in [-0.3, -0.25) is 4.79 Å². The maximum Gasteiger partial charge on any atom is 0.248 e. The fraction of sp³-hybridized carbons (Fsp3) is 0.364. The third kappa shape index (κ3) is 3.81. The average molecular weight is 271 g/mol. The van der Waals surface area contributed by atoms with E-state index in [0.29, 0.717) is 16.8 Å². The van der Waals surface area contributed by atoms with Gasteiger partial charge in [0.1, 0.15) is 0 Å². The van der Waals surface area contributed by atoms with Crippen LogP contribution in [0, 0.1) is 0 Å². The van der Waals surface area contributed by atoms with E-state index in [1.807, 2.05) is 20.2 Å². The highest BCUT2D eigenvalue weighted by Crippen LogP contribution is 2.19. The molecular formula is C11H17ClN3OSi. The van der Waals surface area contributed by atoms with E-state index in [1.54, 1.807) is 12.1 Å². The minimum atomic E-state index is -0.798.